The number of rotatable bonds is 2. The molecular formula is C12H12ClN5. The fourth-order valence-electron chi connectivity index (χ4n) is 1.97. The van der Waals surface area contributed by atoms with Crippen LogP contribution in [-0.2, 0) is 6.54 Å². The molecule has 0 aliphatic carbocycles. The lowest BCUT2D eigenvalue weighted by Gasteiger charge is -2.07. The molecule has 0 amide bonds. The maximum absolute atomic E-state index is 6.20. The van der Waals surface area contributed by atoms with Crippen LogP contribution in [0.2, 0.25) is 5.15 Å². The van der Waals surface area contributed by atoms with Crippen molar-refractivity contribution >= 4 is 28.0 Å². The molecule has 0 aliphatic heterocycles. The van der Waals surface area contributed by atoms with Gasteiger partial charge < -0.3 is 4.90 Å². The Morgan fingerprint density at radius 3 is 2.61 bits per heavy atom. The quantitative estimate of drug-likeness (QED) is 0.708. The van der Waals surface area contributed by atoms with Gasteiger partial charge in [-0.25, -0.2) is 0 Å². The molecule has 3 aromatic rings. The Bertz CT molecular complexity index is 719. The number of aromatic nitrogens is 4. The molecule has 0 fully saturated rings. The fourth-order valence-corrected chi connectivity index (χ4v) is 2.21. The standard InChI is InChI=1S/C12H12ClN5/c1-17(2)7-10-14-15-12-9-6-4-3-5-8(9)11(13)16-18(10)12/h3-6H,7H2,1-2H3. The van der Waals surface area contributed by atoms with Gasteiger partial charge in [-0.2, -0.15) is 9.61 Å². The van der Waals surface area contributed by atoms with Crippen LogP contribution in [0.4, 0.5) is 0 Å². The van der Waals surface area contributed by atoms with Crippen molar-refractivity contribution in [1.82, 2.24) is 24.7 Å². The van der Waals surface area contributed by atoms with Crippen LogP contribution in [0.5, 0.6) is 0 Å². The average molecular weight is 262 g/mol. The van der Waals surface area contributed by atoms with Gasteiger partial charge in [0.15, 0.2) is 16.6 Å². The van der Waals surface area contributed by atoms with E-state index in [0.29, 0.717) is 11.7 Å². The second kappa shape index (κ2) is 4.19. The van der Waals surface area contributed by atoms with Gasteiger partial charge in [0.05, 0.1) is 6.54 Å². The van der Waals surface area contributed by atoms with Crippen LogP contribution >= 0.6 is 11.6 Å². The van der Waals surface area contributed by atoms with Gasteiger partial charge in [-0.1, -0.05) is 35.9 Å². The monoisotopic (exact) mass is 261 g/mol. The van der Waals surface area contributed by atoms with Crippen molar-refractivity contribution in [3.63, 3.8) is 0 Å². The molecule has 6 heteroatoms. The van der Waals surface area contributed by atoms with Crippen LogP contribution in [0.15, 0.2) is 24.3 Å². The lowest BCUT2D eigenvalue weighted by Crippen LogP contribution is -2.14. The normalized spacial score (nSPS) is 11.8. The van der Waals surface area contributed by atoms with Gasteiger partial charge in [-0.3, -0.25) is 0 Å². The van der Waals surface area contributed by atoms with E-state index in [1.165, 1.54) is 0 Å². The van der Waals surface area contributed by atoms with Crippen molar-refractivity contribution in [2.75, 3.05) is 14.1 Å². The van der Waals surface area contributed by atoms with Gasteiger partial charge in [0, 0.05) is 10.8 Å². The number of nitrogens with zero attached hydrogens (tertiary/aromatic N) is 5. The molecule has 92 valence electrons. The third-order valence-corrected chi connectivity index (χ3v) is 3.02. The number of hydrogen-bond acceptors (Lipinski definition) is 4. The average Bonchev–Trinajstić information content (AvgIpc) is 2.72. The van der Waals surface area contributed by atoms with Gasteiger partial charge >= 0.3 is 0 Å². The number of benzene rings is 1. The number of hydrogen-bond donors (Lipinski definition) is 0. The Labute approximate surface area is 109 Å². The second-order valence-corrected chi connectivity index (χ2v) is 4.78. The van der Waals surface area contributed by atoms with E-state index in [2.05, 4.69) is 15.3 Å². The molecule has 2 aromatic heterocycles. The second-order valence-electron chi connectivity index (χ2n) is 4.43. The molecule has 0 saturated heterocycles. The summed E-state index contributed by atoms with van der Waals surface area (Å²) in [5.41, 5.74) is 0.742. The summed E-state index contributed by atoms with van der Waals surface area (Å²) in [6.07, 6.45) is 0. The molecule has 0 spiro atoms. The first-order valence-electron chi connectivity index (χ1n) is 5.60. The highest BCUT2D eigenvalue weighted by Crippen LogP contribution is 2.24. The van der Waals surface area contributed by atoms with Crippen molar-refractivity contribution in [3.05, 3.63) is 35.2 Å². The molecule has 5 nitrogen and oxygen atoms in total. The third kappa shape index (κ3) is 1.72. The molecule has 3 rings (SSSR count). The zero-order valence-electron chi connectivity index (χ0n) is 10.1. The van der Waals surface area contributed by atoms with E-state index in [-0.39, 0.29) is 0 Å². The summed E-state index contributed by atoms with van der Waals surface area (Å²) in [5.74, 6) is 0.780. The summed E-state index contributed by atoms with van der Waals surface area (Å²) in [6, 6.07) is 7.81. The first-order valence-corrected chi connectivity index (χ1v) is 5.98. The summed E-state index contributed by atoms with van der Waals surface area (Å²) in [5, 5.41) is 15.1. The summed E-state index contributed by atoms with van der Waals surface area (Å²) in [6.45, 7) is 0.669. The van der Waals surface area contributed by atoms with Gasteiger partial charge in [-0.05, 0) is 14.1 Å². The Hall–Kier alpha value is -1.72. The minimum absolute atomic E-state index is 0.470. The minimum atomic E-state index is 0.470. The van der Waals surface area contributed by atoms with Gasteiger partial charge in [0.1, 0.15) is 0 Å². The minimum Gasteiger partial charge on any atom is -0.302 e. The van der Waals surface area contributed by atoms with Crippen molar-refractivity contribution in [2.45, 2.75) is 6.54 Å². The maximum Gasteiger partial charge on any atom is 0.185 e. The molecule has 0 unspecified atom stereocenters. The van der Waals surface area contributed by atoms with Crippen molar-refractivity contribution in [3.8, 4) is 0 Å². The lowest BCUT2D eigenvalue weighted by atomic mass is 10.2. The highest BCUT2D eigenvalue weighted by atomic mass is 35.5. The third-order valence-electron chi connectivity index (χ3n) is 2.74. The van der Waals surface area contributed by atoms with E-state index < -0.39 is 0 Å². The van der Waals surface area contributed by atoms with Gasteiger partial charge in [0.2, 0.25) is 0 Å². The number of fused-ring (bicyclic) bond motifs is 3. The topological polar surface area (TPSA) is 46.3 Å². The smallest absolute Gasteiger partial charge is 0.185 e. The lowest BCUT2D eigenvalue weighted by molar-refractivity contribution is 0.386. The zero-order chi connectivity index (χ0) is 12.7. The Balaban J connectivity index is 2.34. The first kappa shape index (κ1) is 11.4. The Morgan fingerprint density at radius 2 is 1.89 bits per heavy atom. The molecule has 18 heavy (non-hydrogen) atoms. The summed E-state index contributed by atoms with van der Waals surface area (Å²) >= 11 is 6.20. The Morgan fingerprint density at radius 1 is 1.17 bits per heavy atom. The van der Waals surface area contributed by atoms with Gasteiger partial charge in [-0.15, -0.1) is 10.2 Å². The van der Waals surface area contributed by atoms with Crippen molar-refractivity contribution < 1.29 is 0 Å². The van der Waals surface area contributed by atoms with Crippen molar-refractivity contribution in [2.24, 2.45) is 0 Å². The van der Waals surface area contributed by atoms with Crippen LogP contribution in [0, 0.1) is 0 Å². The first-order chi connectivity index (χ1) is 8.66. The summed E-state index contributed by atoms with van der Waals surface area (Å²) in [4.78, 5) is 2.02. The van der Waals surface area contributed by atoms with E-state index in [1.54, 1.807) is 4.52 Å². The SMILES string of the molecule is CN(C)Cc1nnc2c3ccccc3c(Cl)nn12. The van der Waals surface area contributed by atoms with Crippen LogP contribution in [0.1, 0.15) is 5.82 Å². The van der Waals surface area contributed by atoms with Crippen LogP contribution in [0.25, 0.3) is 16.4 Å². The maximum atomic E-state index is 6.20. The zero-order valence-corrected chi connectivity index (χ0v) is 10.9. The van der Waals surface area contributed by atoms with Crippen LogP contribution < -0.4 is 0 Å². The molecule has 0 atom stereocenters. The largest absolute Gasteiger partial charge is 0.302 e. The van der Waals surface area contributed by atoms with E-state index in [9.17, 15) is 0 Å². The predicted molar refractivity (Wildman–Crippen MR) is 70.7 cm³/mol. The van der Waals surface area contributed by atoms with Crippen LogP contribution in [-0.4, -0.2) is 38.8 Å². The highest BCUT2D eigenvalue weighted by Gasteiger charge is 2.13. The van der Waals surface area contributed by atoms with E-state index >= 15 is 0 Å². The summed E-state index contributed by atoms with van der Waals surface area (Å²) in [7, 11) is 3.95. The molecular weight excluding hydrogens is 250 g/mol. The van der Waals surface area contributed by atoms with E-state index in [0.717, 1.165) is 22.2 Å². The molecule has 0 saturated carbocycles. The predicted octanol–water partition coefficient (Wildman–Crippen LogP) is 1.99. The van der Waals surface area contributed by atoms with E-state index in [4.69, 9.17) is 11.6 Å². The number of halogens is 1. The molecule has 0 aliphatic rings. The fraction of sp³-hybridized carbons (Fsp3) is 0.250. The molecule has 0 bridgehead atoms. The molecule has 0 N–H and O–H groups in total. The summed E-state index contributed by atoms with van der Waals surface area (Å²) < 4.78 is 1.71. The molecule has 0 radical (unpaired) electrons. The molecule has 1 aromatic carbocycles. The van der Waals surface area contributed by atoms with Crippen molar-refractivity contribution in [1.29, 1.82) is 0 Å². The van der Waals surface area contributed by atoms with Gasteiger partial charge in [0.25, 0.3) is 0 Å². The van der Waals surface area contributed by atoms with Crippen LogP contribution in [0.3, 0.4) is 0 Å². The van der Waals surface area contributed by atoms with E-state index in [1.807, 2.05) is 43.3 Å². The Kier molecular flexibility index (Phi) is 2.65. The molecule has 2 heterocycles. The highest BCUT2D eigenvalue weighted by molar-refractivity contribution is 6.34.